The summed E-state index contributed by atoms with van der Waals surface area (Å²) in [6.07, 6.45) is 1.95. The SMILES string of the molecule is COc1ccc(C(O)(c2ccc(OC)cc2)[C@]2(C)CCCN2)cc1. The van der Waals surface area contributed by atoms with Crippen molar-refractivity contribution in [2.75, 3.05) is 20.8 Å². The lowest BCUT2D eigenvalue weighted by Crippen LogP contribution is -2.56. The average molecular weight is 327 g/mol. The van der Waals surface area contributed by atoms with Crippen molar-refractivity contribution < 1.29 is 14.6 Å². The maximum Gasteiger partial charge on any atom is 0.132 e. The second kappa shape index (κ2) is 6.46. The summed E-state index contributed by atoms with van der Waals surface area (Å²) in [4.78, 5) is 0. The summed E-state index contributed by atoms with van der Waals surface area (Å²) in [5, 5.41) is 15.4. The highest BCUT2D eigenvalue weighted by Gasteiger charge is 2.50. The van der Waals surface area contributed by atoms with Crippen LogP contribution in [0.2, 0.25) is 0 Å². The molecule has 4 heteroatoms. The molecule has 2 N–H and O–H groups in total. The van der Waals surface area contributed by atoms with Crippen LogP contribution in [0.15, 0.2) is 48.5 Å². The normalized spacial score (nSPS) is 20.8. The van der Waals surface area contributed by atoms with E-state index in [4.69, 9.17) is 9.47 Å². The summed E-state index contributed by atoms with van der Waals surface area (Å²) < 4.78 is 10.5. The van der Waals surface area contributed by atoms with Crippen LogP contribution >= 0.6 is 0 Å². The standard InChI is InChI=1S/C20H25NO3/c1-19(13-4-14-21-19)20(22,15-5-9-17(23-2)10-6-15)16-7-11-18(24-3)12-8-16/h5-12,21-22H,4,13-14H2,1-3H3/t19-/m0/s1. The molecular weight excluding hydrogens is 302 g/mol. The van der Waals surface area contributed by atoms with Crippen LogP contribution in [0.4, 0.5) is 0 Å². The number of benzene rings is 2. The lowest BCUT2D eigenvalue weighted by molar-refractivity contribution is -0.00581. The zero-order valence-corrected chi connectivity index (χ0v) is 14.5. The van der Waals surface area contributed by atoms with Gasteiger partial charge in [0.15, 0.2) is 0 Å². The third-order valence-electron chi connectivity index (χ3n) is 5.18. The van der Waals surface area contributed by atoms with Gasteiger partial charge in [0.1, 0.15) is 17.1 Å². The fourth-order valence-electron chi connectivity index (χ4n) is 3.67. The zero-order valence-electron chi connectivity index (χ0n) is 14.5. The summed E-state index contributed by atoms with van der Waals surface area (Å²) in [6, 6.07) is 15.3. The van der Waals surface area contributed by atoms with Gasteiger partial charge in [0, 0.05) is 0 Å². The maximum absolute atomic E-state index is 11.9. The van der Waals surface area contributed by atoms with Gasteiger partial charge in [0.05, 0.1) is 19.8 Å². The molecule has 1 aliphatic rings. The van der Waals surface area contributed by atoms with Crippen molar-refractivity contribution in [3.05, 3.63) is 59.7 Å². The summed E-state index contributed by atoms with van der Waals surface area (Å²) in [5.41, 5.74) is 0.133. The molecule has 2 aromatic carbocycles. The van der Waals surface area contributed by atoms with Crippen molar-refractivity contribution in [2.45, 2.75) is 30.9 Å². The molecule has 0 radical (unpaired) electrons. The fourth-order valence-corrected chi connectivity index (χ4v) is 3.67. The highest BCUT2D eigenvalue weighted by atomic mass is 16.5. The number of methoxy groups -OCH3 is 2. The lowest BCUT2D eigenvalue weighted by Gasteiger charge is -2.44. The van der Waals surface area contributed by atoms with Crippen molar-refractivity contribution in [2.24, 2.45) is 0 Å². The van der Waals surface area contributed by atoms with E-state index < -0.39 is 11.1 Å². The van der Waals surface area contributed by atoms with Gasteiger partial charge < -0.3 is 19.9 Å². The molecule has 2 aromatic rings. The van der Waals surface area contributed by atoms with Crippen molar-refractivity contribution >= 4 is 0 Å². The van der Waals surface area contributed by atoms with Gasteiger partial charge in [0.25, 0.3) is 0 Å². The Bertz CT molecular complexity index is 626. The van der Waals surface area contributed by atoms with Gasteiger partial charge in [-0.3, -0.25) is 0 Å². The molecule has 1 heterocycles. The van der Waals surface area contributed by atoms with Gasteiger partial charge in [-0.05, 0) is 61.7 Å². The fraction of sp³-hybridized carbons (Fsp3) is 0.400. The van der Waals surface area contributed by atoms with Crippen LogP contribution in [0.25, 0.3) is 0 Å². The van der Waals surface area contributed by atoms with E-state index in [1.807, 2.05) is 48.5 Å². The first-order chi connectivity index (χ1) is 11.5. The van der Waals surface area contributed by atoms with Crippen LogP contribution in [0.3, 0.4) is 0 Å². The van der Waals surface area contributed by atoms with E-state index in [9.17, 15) is 5.11 Å². The van der Waals surface area contributed by atoms with Crippen LogP contribution in [0, 0.1) is 0 Å². The minimum absolute atomic E-state index is 0.434. The summed E-state index contributed by atoms with van der Waals surface area (Å²) in [5.74, 6) is 1.56. The number of rotatable bonds is 5. The highest BCUT2D eigenvalue weighted by Crippen LogP contribution is 2.44. The molecule has 0 unspecified atom stereocenters. The summed E-state index contributed by atoms with van der Waals surface area (Å²) >= 11 is 0. The second-order valence-electron chi connectivity index (χ2n) is 6.53. The molecule has 0 saturated carbocycles. The van der Waals surface area contributed by atoms with E-state index >= 15 is 0 Å². The molecule has 128 valence electrons. The van der Waals surface area contributed by atoms with Crippen LogP contribution in [0.5, 0.6) is 11.5 Å². The average Bonchev–Trinajstić information content (AvgIpc) is 3.09. The third kappa shape index (κ3) is 2.66. The van der Waals surface area contributed by atoms with Gasteiger partial charge in [-0.15, -0.1) is 0 Å². The molecule has 0 amide bonds. The first-order valence-electron chi connectivity index (χ1n) is 8.30. The third-order valence-corrected chi connectivity index (χ3v) is 5.18. The van der Waals surface area contributed by atoms with Crippen LogP contribution < -0.4 is 14.8 Å². The predicted octanol–water partition coefficient (Wildman–Crippen LogP) is 3.08. The Morgan fingerprint density at radius 1 is 0.917 bits per heavy atom. The molecule has 1 aliphatic heterocycles. The predicted molar refractivity (Wildman–Crippen MR) is 94.6 cm³/mol. The maximum atomic E-state index is 11.9. The molecule has 1 fully saturated rings. The molecule has 0 spiro atoms. The van der Waals surface area contributed by atoms with Gasteiger partial charge in [0.2, 0.25) is 0 Å². The minimum Gasteiger partial charge on any atom is -0.497 e. The Balaban J connectivity index is 2.12. The number of ether oxygens (including phenoxy) is 2. The summed E-state index contributed by atoms with van der Waals surface area (Å²) in [6.45, 7) is 3.00. The van der Waals surface area contributed by atoms with E-state index in [2.05, 4.69) is 12.2 Å². The Kier molecular flexibility index (Phi) is 4.52. The molecule has 3 rings (SSSR count). The van der Waals surface area contributed by atoms with Crippen LogP contribution in [0.1, 0.15) is 30.9 Å². The van der Waals surface area contributed by atoms with E-state index in [-0.39, 0.29) is 0 Å². The zero-order chi connectivity index (χ0) is 17.2. The molecule has 0 bridgehead atoms. The van der Waals surface area contributed by atoms with Crippen molar-refractivity contribution in [3.8, 4) is 11.5 Å². The van der Waals surface area contributed by atoms with Crippen LogP contribution in [-0.2, 0) is 5.60 Å². The van der Waals surface area contributed by atoms with Gasteiger partial charge in [-0.25, -0.2) is 0 Å². The Morgan fingerprint density at radius 2 is 1.38 bits per heavy atom. The number of hydrogen-bond donors (Lipinski definition) is 2. The Morgan fingerprint density at radius 3 is 1.71 bits per heavy atom. The number of nitrogens with one attached hydrogen (secondary N) is 1. The van der Waals surface area contributed by atoms with E-state index in [1.54, 1.807) is 14.2 Å². The van der Waals surface area contributed by atoms with Gasteiger partial charge >= 0.3 is 0 Å². The Hall–Kier alpha value is -2.04. The molecule has 4 nitrogen and oxygen atoms in total. The molecule has 0 aromatic heterocycles. The molecule has 1 atom stereocenters. The topological polar surface area (TPSA) is 50.7 Å². The van der Waals surface area contributed by atoms with Gasteiger partial charge in [-0.2, -0.15) is 0 Å². The minimum atomic E-state index is -1.14. The quantitative estimate of drug-likeness (QED) is 0.886. The monoisotopic (exact) mass is 327 g/mol. The van der Waals surface area contributed by atoms with Crippen molar-refractivity contribution in [1.82, 2.24) is 5.32 Å². The largest absolute Gasteiger partial charge is 0.497 e. The lowest BCUT2D eigenvalue weighted by atomic mass is 9.71. The second-order valence-corrected chi connectivity index (χ2v) is 6.53. The van der Waals surface area contributed by atoms with E-state index in [1.165, 1.54) is 0 Å². The first-order valence-corrected chi connectivity index (χ1v) is 8.30. The molecule has 0 aliphatic carbocycles. The number of hydrogen-bond acceptors (Lipinski definition) is 4. The van der Waals surface area contributed by atoms with Gasteiger partial charge in [-0.1, -0.05) is 24.3 Å². The first kappa shape index (κ1) is 16.8. The highest BCUT2D eigenvalue weighted by molar-refractivity contribution is 5.44. The molecule has 24 heavy (non-hydrogen) atoms. The molecular formula is C20H25NO3. The van der Waals surface area contributed by atoms with E-state index in [0.29, 0.717) is 0 Å². The molecule has 1 saturated heterocycles. The number of aliphatic hydroxyl groups is 1. The van der Waals surface area contributed by atoms with E-state index in [0.717, 1.165) is 42.0 Å². The van der Waals surface area contributed by atoms with Crippen molar-refractivity contribution in [1.29, 1.82) is 0 Å². The summed E-state index contributed by atoms with van der Waals surface area (Å²) in [7, 11) is 3.29. The van der Waals surface area contributed by atoms with Crippen molar-refractivity contribution in [3.63, 3.8) is 0 Å². The smallest absolute Gasteiger partial charge is 0.132 e. The Labute approximate surface area is 143 Å². The van der Waals surface area contributed by atoms with Crippen LogP contribution in [-0.4, -0.2) is 31.4 Å².